The number of rotatable bonds is 14. The summed E-state index contributed by atoms with van der Waals surface area (Å²) in [4.78, 5) is 22.8. The molecule has 24 heavy (non-hydrogen) atoms. The summed E-state index contributed by atoms with van der Waals surface area (Å²) in [7, 11) is 0. The molecule has 0 rings (SSSR count). The van der Waals surface area contributed by atoms with E-state index in [0.29, 0.717) is 26.2 Å². The molecule has 6 nitrogen and oxygen atoms in total. The fourth-order valence-electron chi connectivity index (χ4n) is 1.91. The molecule has 0 aromatic carbocycles. The number of carbonyl (C=O) groups is 2. The van der Waals surface area contributed by atoms with Crippen LogP contribution in [-0.4, -0.2) is 50.6 Å². The summed E-state index contributed by atoms with van der Waals surface area (Å²) >= 11 is 0. The average molecular weight is 346 g/mol. The molecule has 0 amide bonds. The van der Waals surface area contributed by atoms with E-state index in [1.165, 1.54) is 19.3 Å². The smallest absolute Gasteiger partial charge is 0.332 e. The number of esters is 2. The van der Waals surface area contributed by atoms with Crippen LogP contribution in [0.15, 0.2) is 0 Å². The molecule has 0 heterocycles. The second-order valence-corrected chi connectivity index (χ2v) is 6.64. The van der Waals surface area contributed by atoms with Gasteiger partial charge in [0.2, 0.25) is 0 Å². The van der Waals surface area contributed by atoms with Crippen molar-refractivity contribution in [1.82, 2.24) is 0 Å². The van der Waals surface area contributed by atoms with Gasteiger partial charge in [-0.25, -0.2) is 4.79 Å². The average Bonchev–Trinajstić information content (AvgIpc) is 2.48. The minimum atomic E-state index is -0.503. The molecule has 0 aliphatic carbocycles. The first-order valence-electron chi connectivity index (χ1n) is 8.88. The van der Waals surface area contributed by atoms with Crippen molar-refractivity contribution in [2.24, 2.45) is 0 Å². The molecule has 0 aromatic rings. The molecule has 0 N–H and O–H groups in total. The molecule has 0 aliphatic heterocycles. The summed E-state index contributed by atoms with van der Waals surface area (Å²) < 4.78 is 20.6. The van der Waals surface area contributed by atoms with Gasteiger partial charge in [-0.2, -0.15) is 0 Å². The zero-order valence-corrected chi connectivity index (χ0v) is 15.7. The Kier molecular flexibility index (Phi) is 13.5. The quantitative estimate of drug-likeness (QED) is 0.355. The van der Waals surface area contributed by atoms with E-state index < -0.39 is 11.6 Å². The lowest BCUT2D eigenvalue weighted by molar-refractivity contribution is -0.161. The Morgan fingerprint density at radius 1 is 0.792 bits per heavy atom. The molecule has 0 unspecified atom stereocenters. The van der Waals surface area contributed by atoms with Gasteiger partial charge in [0, 0.05) is 6.42 Å². The van der Waals surface area contributed by atoms with Gasteiger partial charge < -0.3 is 18.9 Å². The van der Waals surface area contributed by atoms with E-state index in [-0.39, 0.29) is 19.2 Å². The molecule has 0 saturated heterocycles. The Morgan fingerprint density at radius 2 is 1.42 bits per heavy atom. The molecule has 0 spiro atoms. The SMILES string of the molecule is CCCCCCCC(=O)OCCOCCOCC(=O)OC(C)(C)C. The zero-order chi connectivity index (χ0) is 18.3. The molecule has 6 heteroatoms. The van der Waals surface area contributed by atoms with E-state index in [1.54, 1.807) is 20.8 Å². The Balaban J connectivity index is 3.33. The number of hydrogen-bond donors (Lipinski definition) is 0. The number of unbranched alkanes of at least 4 members (excludes halogenated alkanes) is 4. The van der Waals surface area contributed by atoms with Crippen LogP contribution in [-0.2, 0) is 28.5 Å². The normalized spacial score (nSPS) is 11.3. The lowest BCUT2D eigenvalue weighted by Crippen LogP contribution is -2.27. The molecular formula is C18H34O6. The fraction of sp³-hybridized carbons (Fsp3) is 0.889. The third kappa shape index (κ3) is 17.2. The van der Waals surface area contributed by atoms with E-state index in [2.05, 4.69) is 6.92 Å². The number of carbonyl (C=O) groups excluding carboxylic acids is 2. The maximum absolute atomic E-state index is 11.4. The first-order chi connectivity index (χ1) is 11.3. The van der Waals surface area contributed by atoms with E-state index in [9.17, 15) is 9.59 Å². The van der Waals surface area contributed by atoms with E-state index >= 15 is 0 Å². The molecule has 0 bridgehead atoms. The van der Waals surface area contributed by atoms with Gasteiger partial charge in [-0.15, -0.1) is 0 Å². The van der Waals surface area contributed by atoms with Crippen molar-refractivity contribution < 1.29 is 28.5 Å². The Morgan fingerprint density at radius 3 is 2.08 bits per heavy atom. The van der Waals surface area contributed by atoms with Gasteiger partial charge in [0.1, 0.15) is 18.8 Å². The highest BCUT2D eigenvalue weighted by molar-refractivity contribution is 5.71. The van der Waals surface area contributed by atoms with Crippen LogP contribution in [0.2, 0.25) is 0 Å². The second-order valence-electron chi connectivity index (χ2n) is 6.64. The van der Waals surface area contributed by atoms with Crippen LogP contribution in [0, 0.1) is 0 Å². The largest absolute Gasteiger partial charge is 0.463 e. The van der Waals surface area contributed by atoms with Crippen molar-refractivity contribution >= 4 is 11.9 Å². The molecule has 142 valence electrons. The Hall–Kier alpha value is -1.14. The topological polar surface area (TPSA) is 71.1 Å². The number of ether oxygens (including phenoxy) is 4. The molecule has 0 aliphatic rings. The van der Waals surface area contributed by atoms with Crippen molar-refractivity contribution in [1.29, 1.82) is 0 Å². The minimum Gasteiger partial charge on any atom is -0.463 e. The van der Waals surface area contributed by atoms with Gasteiger partial charge in [-0.1, -0.05) is 32.6 Å². The number of hydrogen-bond acceptors (Lipinski definition) is 6. The maximum atomic E-state index is 11.4. The van der Waals surface area contributed by atoms with Crippen molar-refractivity contribution in [2.75, 3.05) is 33.0 Å². The fourth-order valence-corrected chi connectivity index (χ4v) is 1.91. The summed E-state index contributed by atoms with van der Waals surface area (Å²) in [6.07, 6.45) is 6.04. The highest BCUT2D eigenvalue weighted by Gasteiger charge is 2.15. The van der Waals surface area contributed by atoms with E-state index in [1.807, 2.05) is 0 Å². The van der Waals surface area contributed by atoms with Crippen molar-refractivity contribution in [2.45, 2.75) is 71.8 Å². The minimum absolute atomic E-state index is 0.0896. The predicted molar refractivity (Wildman–Crippen MR) is 91.8 cm³/mol. The van der Waals surface area contributed by atoms with Gasteiger partial charge in [0.05, 0.1) is 19.8 Å². The van der Waals surface area contributed by atoms with Crippen molar-refractivity contribution in [3.05, 3.63) is 0 Å². The monoisotopic (exact) mass is 346 g/mol. The molecular weight excluding hydrogens is 312 g/mol. The lowest BCUT2D eigenvalue weighted by atomic mass is 10.1. The Labute approximate surface area is 146 Å². The highest BCUT2D eigenvalue weighted by Crippen LogP contribution is 2.07. The summed E-state index contributed by atoms with van der Waals surface area (Å²) in [5, 5.41) is 0. The van der Waals surface area contributed by atoms with Gasteiger partial charge >= 0.3 is 11.9 Å². The summed E-state index contributed by atoms with van der Waals surface area (Å²) in [5.41, 5.74) is -0.503. The van der Waals surface area contributed by atoms with E-state index in [0.717, 1.165) is 12.8 Å². The van der Waals surface area contributed by atoms with Crippen LogP contribution in [0.1, 0.15) is 66.2 Å². The summed E-state index contributed by atoms with van der Waals surface area (Å²) in [5.74, 6) is -0.563. The zero-order valence-electron chi connectivity index (χ0n) is 15.7. The van der Waals surface area contributed by atoms with Crippen molar-refractivity contribution in [3.8, 4) is 0 Å². The molecule has 0 fully saturated rings. The maximum Gasteiger partial charge on any atom is 0.332 e. The van der Waals surface area contributed by atoms with Gasteiger partial charge in [0.15, 0.2) is 0 Å². The van der Waals surface area contributed by atoms with Crippen molar-refractivity contribution in [3.63, 3.8) is 0 Å². The molecule has 0 radical (unpaired) electrons. The third-order valence-corrected chi connectivity index (χ3v) is 2.99. The first kappa shape index (κ1) is 22.9. The van der Waals surface area contributed by atoms with Gasteiger partial charge in [0.25, 0.3) is 0 Å². The third-order valence-electron chi connectivity index (χ3n) is 2.99. The second kappa shape index (κ2) is 14.2. The molecule has 0 saturated carbocycles. The standard InChI is InChI=1S/C18H34O6/c1-5-6-7-8-9-10-16(19)23-14-13-21-11-12-22-15-17(20)24-18(2,3)4/h5-15H2,1-4H3. The lowest BCUT2D eigenvalue weighted by Gasteiger charge is -2.19. The van der Waals surface area contributed by atoms with Crippen LogP contribution in [0.3, 0.4) is 0 Å². The Bertz CT molecular complexity index is 335. The van der Waals surface area contributed by atoms with Crippen LogP contribution in [0.4, 0.5) is 0 Å². The summed E-state index contributed by atoms with van der Waals surface area (Å²) in [6.45, 7) is 8.71. The van der Waals surface area contributed by atoms with Crippen LogP contribution >= 0.6 is 0 Å². The van der Waals surface area contributed by atoms with Gasteiger partial charge in [-0.05, 0) is 27.2 Å². The predicted octanol–water partition coefficient (Wildman–Crippen LogP) is 3.27. The highest BCUT2D eigenvalue weighted by atomic mass is 16.6. The van der Waals surface area contributed by atoms with Crippen LogP contribution < -0.4 is 0 Å². The van der Waals surface area contributed by atoms with E-state index in [4.69, 9.17) is 18.9 Å². The van der Waals surface area contributed by atoms with Crippen LogP contribution in [0.5, 0.6) is 0 Å². The van der Waals surface area contributed by atoms with Gasteiger partial charge in [-0.3, -0.25) is 4.79 Å². The summed E-state index contributed by atoms with van der Waals surface area (Å²) in [6, 6.07) is 0. The van der Waals surface area contributed by atoms with Crippen LogP contribution in [0.25, 0.3) is 0 Å². The first-order valence-corrected chi connectivity index (χ1v) is 8.88. The molecule has 0 atom stereocenters. The molecule has 0 aromatic heterocycles.